The highest BCUT2D eigenvalue weighted by molar-refractivity contribution is 7.09. The smallest absolute Gasteiger partial charge is 0.190 e. The highest BCUT2D eigenvalue weighted by Crippen LogP contribution is 2.23. The molecule has 0 saturated carbocycles. The third-order valence-electron chi connectivity index (χ3n) is 4.99. The van der Waals surface area contributed by atoms with Gasteiger partial charge >= 0.3 is 0 Å². The average Bonchev–Trinajstić information content (AvgIpc) is 3.08. The maximum Gasteiger partial charge on any atom is 0.190 e. The van der Waals surface area contributed by atoms with Gasteiger partial charge in [0.25, 0.3) is 0 Å². The van der Waals surface area contributed by atoms with E-state index >= 15 is 0 Å². The molecule has 1 aliphatic heterocycles. The Balaban J connectivity index is 1.60. The van der Waals surface area contributed by atoms with Crippen molar-refractivity contribution in [3.8, 4) is 0 Å². The molecule has 1 saturated heterocycles. The van der Waals surface area contributed by atoms with Crippen molar-refractivity contribution in [1.82, 2.24) is 20.5 Å². The van der Waals surface area contributed by atoms with Crippen LogP contribution in [0, 0.1) is 5.92 Å². The number of nitrogens with one attached hydrogen (secondary N) is 2. The van der Waals surface area contributed by atoms with Crippen molar-refractivity contribution in [3.63, 3.8) is 0 Å². The summed E-state index contributed by atoms with van der Waals surface area (Å²) < 4.78 is 0. The molecule has 0 amide bonds. The van der Waals surface area contributed by atoms with E-state index in [0.29, 0.717) is 0 Å². The standard InChI is InChI=1S/C20H37N5S/c1-16-8-13-25(14-9-16)12-6-10-22-19(21-5)23-11-7-18-24-17(15-26-18)20(2,3)4/h15-16H,6-14H2,1-5H3,(H2,21,22,23). The molecular formula is C20H37N5S. The van der Waals surface area contributed by atoms with E-state index in [2.05, 4.69) is 53.6 Å². The van der Waals surface area contributed by atoms with Crippen LogP contribution in [-0.4, -0.2) is 55.6 Å². The molecule has 0 atom stereocenters. The van der Waals surface area contributed by atoms with Gasteiger partial charge in [0, 0.05) is 37.4 Å². The predicted molar refractivity (Wildman–Crippen MR) is 113 cm³/mol. The number of nitrogens with zero attached hydrogens (tertiary/aromatic N) is 3. The van der Waals surface area contributed by atoms with Gasteiger partial charge in [-0.2, -0.15) is 0 Å². The summed E-state index contributed by atoms with van der Waals surface area (Å²) >= 11 is 1.76. The fourth-order valence-corrected chi connectivity index (χ4v) is 4.10. The molecule has 0 bridgehead atoms. The summed E-state index contributed by atoms with van der Waals surface area (Å²) in [5.41, 5.74) is 1.32. The first-order chi connectivity index (χ1) is 12.4. The number of piperidine rings is 1. The van der Waals surface area contributed by atoms with E-state index in [1.807, 2.05) is 7.05 Å². The number of rotatable bonds is 7. The second kappa shape index (κ2) is 10.3. The van der Waals surface area contributed by atoms with Gasteiger partial charge in [0.15, 0.2) is 5.96 Å². The third kappa shape index (κ3) is 7.23. The monoisotopic (exact) mass is 379 g/mol. The molecular weight excluding hydrogens is 342 g/mol. The summed E-state index contributed by atoms with van der Waals surface area (Å²) in [6.45, 7) is 14.5. The Bertz CT molecular complexity index is 553. The fourth-order valence-electron chi connectivity index (χ4n) is 3.07. The Morgan fingerprint density at radius 1 is 1.27 bits per heavy atom. The van der Waals surface area contributed by atoms with Gasteiger partial charge in [-0.05, 0) is 44.8 Å². The summed E-state index contributed by atoms with van der Waals surface area (Å²) in [5, 5.41) is 10.2. The zero-order chi connectivity index (χ0) is 19.0. The molecule has 2 rings (SSSR count). The van der Waals surface area contributed by atoms with Gasteiger partial charge in [0.05, 0.1) is 10.7 Å². The van der Waals surface area contributed by atoms with Gasteiger partial charge in [0.1, 0.15) is 0 Å². The van der Waals surface area contributed by atoms with Crippen molar-refractivity contribution >= 4 is 17.3 Å². The van der Waals surface area contributed by atoms with Gasteiger partial charge < -0.3 is 15.5 Å². The number of aromatic nitrogens is 1. The fraction of sp³-hybridized carbons (Fsp3) is 0.800. The van der Waals surface area contributed by atoms with E-state index in [1.54, 1.807) is 11.3 Å². The van der Waals surface area contributed by atoms with Crippen LogP contribution in [0.25, 0.3) is 0 Å². The van der Waals surface area contributed by atoms with Crippen LogP contribution in [0.3, 0.4) is 0 Å². The number of hydrogen-bond donors (Lipinski definition) is 2. The van der Waals surface area contributed by atoms with Gasteiger partial charge in [0.2, 0.25) is 0 Å². The second-order valence-electron chi connectivity index (χ2n) is 8.43. The number of hydrogen-bond acceptors (Lipinski definition) is 4. The normalized spacial score (nSPS) is 17.5. The molecule has 0 aromatic carbocycles. The Hall–Kier alpha value is -1.14. The quantitative estimate of drug-likeness (QED) is 0.434. The van der Waals surface area contributed by atoms with Crippen LogP contribution in [0.15, 0.2) is 10.4 Å². The van der Waals surface area contributed by atoms with Crippen molar-refractivity contribution in [2.24, 2.45) is 10.9 Å². The molecule has 1 aliphatic rings. The topological polar surface area (TPSA) is 52.6 Å². The van der Waals surface area contributed by atoms with E-state index in [0.717, 1.165) is 37.8 Å². The van der Waals surface area contributed by atoms with Crippen molar-refractivity contribution in [2.75, 3.05) is 39.8 Å². The van der Waals surface area contributed by atoms with E-state index < -0.39 is 0 Å². The lowest BCUT2D eigenvalue weighted by Gasteiger charge is -2.30. The lowest BCUT2D eigenvalue weighted by Crippen LogP contribution is -2.40. The van der Waals surface area contributed by atoms with E-state index in [9.17, 15) is 0 Å². The lowest BCUT2D eigenvalue weighted by molar-refractivity contribution is 0.191. The zero-order valence-corrected chi connectivity index (χ0v) is 18.1. The number of guanidine groups is 1. The Morgan fingerprint density at radius 2 is 1.96 bits per heavy atom. The highest BCUT2D eigenvalue weighted by Gasteiger charge is 2.17. The minimum absolute atomic E-state index is 0.131. The molecule has 2 N–H and O–H groups in total. The summed E-state index contributed by atoms with van der Waals surface area (Å²) in [6, 6.07) is 0. The average molecular weight is 380 g/mol. The molecule has 0 unspecified atom stereocenters. The van der Waals surface area contributed by atoms with Crippen molar-refractivity contribution in [2.45, 2.75) is 58.8 Å². The van der Waals surface area contributed by atoms with Gasteiger partial charge in [-0.25, -0.2) is 4.98 Å². The highest BCUT2D eigenvalue weighted by atomic mass is 32.1. The summed E-state index contributed by atoms with van der Waals surface area (Å²) in [7, 11) is 1.84. The molecule has 2 heterocycles. The van der Waals surface area contributed by atoms with Crippen molar-refractivity contribution < 1.29 is 0 Å². The second-order valence-corrected chi connectivity index (χ2v) is 9.37. The number of aliphatic imine (C=N–C) groups is 1. The molecule has 0 radical (unpaired) electrons. The van der Waals surface area contributed by atoms with Crippen LogP contribution >= 0.6 is 11.3 Å². The first-order valence-electron chi connectivity index (χ1n) is 10.00. The van der Waals surface area contributed by atoms with Crippen molar-refractivity contribution in [3.05, 3.63) is 16.1 Å². The first kappa shape index (κ1) is 21.2. The maximum absolute atomic E-state index is 4.75. The third-order valence-corrected chi connectivity index (χ3v) is 5.90. The SMILES string of the molecule is CN=C(NCCCN1CCC(C)CC1)NCCc1nc(C(C)(C)C)cs1. The minimum atomic E-state index is 0.131. The largest absolute Gasteiger partial charge is 0.356 e. The molecule has 0 aliphatic carbocycles. The van der Waals surface area contributed by atoms with Gasteiger partial charge in [-0.3, -0.25) is 4.99 Å². The summed E-state index contributed by atoms with van der Waals surface area (Å²) in [6.07, 6.45) is 4.80. The Labute approximate surface area is 163 Å². The molecule has 26 heavy (non-hydrogen) atoms. The minimum Gasteiger partial charge on any atom is -0.356 e. The Morgan fingerprint density at radius 3 is 2.58 bits per heavy atom. The molecule has 148 valence electrons. The van der Waals surface area contributed by atoms with Gasteiger partial charge in [-0.15, -0.1) is 11.3 Å². The molecule has 1 aromatic heterocycles. The maximum atomic E-state index is 4.75. The zero-order valence-electron chi connectivity index (χ0n) is 17.3. The van der Waals surface area contributed by atoms with E-state index in [-0.39, 0.29) is 5.41 Å². The summed E-state index contributed by atoms with van der Waals surface area (Å²) in [5.74, 6) is 1.80. The van der Waals surface area contributed by atoms with Crippen LogP contribution < -0.4 is 10.6 Å². The van der Waals surface area contributed by atoms with Crippen LogP contribution in [0.5, 0.6) is 0 Å². The molecule has 5 nitrogen and oxygen atoms in total. The first-order valence-corrected chi connectivity index (χ1v) is 10.9. The molecule has 6 heteroatoms. The Kier molecular flexibility index (Phi) is 8.35. The van der Waals surface area contributed by atoms with E-state index in [1.165, 1.54) is 43.2 Å². The van der Waals surface area contributed by atoms with Crippen molar-refractivity contribution in [1.29, 1.82) is 0 Å². The predicted octanol–water partition coefficient (Wildman–Crippen LogP) is 3.27. The van der Waals surface area contributed by atoms with Crippen LogP contribution in [0.4, 0.5) is 0 Å². The van der Waals surface area contributed by atoms with Crippen LogP contribution in [-0.2, 0) is 11.8 Å². The lowest BCUT2D eigenvalue weighted by atomic mass is 9.93. The number of likely N-dealkylation sites (tertiary alicyclic amines) is 1. The summed E-state index contributed by atoms with van der Waals surface area (Å²) in [4.78, 5) is 11.7. The van der Waals surface area contributed by atoms with Crippen LogP contribution in [0.1, 0.15) is 57.7 Å². The molecule has 0 spiro atoms. The van der Waals surface area contributed by atoms with Gasteiger partial charge in [-0.1, -0.05) is 27.7 Å². The molecule has 1 fully saturated rings. The molecule has 1 aromatic rings. The number of thiazole rings is 1. The van der Waals surface area contributed by atoms with Crippen LogP contribution in [0.2, 0.25) is 0 Å². The van der Waals surface area contributed by atoms with E-state index in [4.69, 9.17) is 4.98 Å².